The van der Waals surface area contributed by atoms with Crippen LogP contribution in [0.3, 0.4) is 0 Å². The van der Waals surface area contributed by atoms with E-state index in [1.807, 2.05) is 4.90 Å². The second-order valence-electron chi connectivity index (χ2n) is 4.85. The fraction of sp³-hybridized carbons (Fsp3) is 0.462. The van der Waals surface area contributed by atoms with Crippen LogP contribution in [0.5, 0.6) is 0 Å². The van der Waals surface area contributed by atoms with Gasteiger partial charge in [0.1, 0.15) is 12.4 Å². The first-order valence-electron chi connectivity index (χ1n) is 6.55. The van der Waals surface area contributed by atoms with Gasteiger partial charge in [-0.05, 0) is 6.07 Å². The Morgan fingerprint density at radius 2 is 2.00 bits per heavy atom. The molecule has 1 amide bonds. The van der Waals surface area contributed by atoms with E-state index in [1.54, 1.807) is 4.90 Å². The van der Waals surface area contributed by atoms with Gasteiger partial charge in [-0.3, -0.25) is 19.8 Å². The number of nitro groups is 1. The maximum absolute atomic E-state index is 13.8. The average Bonchev–Trinajstić information content (AvgIpc) is 2.49. The molecule has 1 heterocycles. The maximum atomic E-state index is 13.8. The Morgan fingerprint density at radius 3 is 2.52 bits per heavy atom. The van der Waals surface area contributed by atoms with Crippen molar-refractivity contribution < 1.29 is 19.2 Å². The van der Waals surface area contributed by atoms with Crippen LogP contribution in [-0.2, 0) is 11.3 Å². The highest BCUT2D eigenvalue weighted by Gasteiger charge is 2.21. The smallest absolute Gasteiger partial charge is 0.272 e. The predicted molar refractivity (Wildman–Crippen MR) is 72.0 cm³/mol. The molecule has 1 N–H and O–H groups in total. The lowest BCUT2D eigenvalue weighted by molar-refractivity contribution is -0.385. The highest BCUT2D eigenvalue weighted by atomic mass is 19.1. The fourth-order valence-corrected chi connectivity index (χ4v) is 2.27. The number of benzene rings is 1. The van der Waals surface area contributed by atoms with Gasteiger partial charge >= 0.3 is 0 Å². The minimum atomic E-state index is -0.633. The Balaban J connectivity index is 1.95. The number of carbonyl (C=O) groups excluding carboxylic acids is 1. The monoisotopic (exact) mass is 297 g/mol. The van der Waals surface area contributed by atoms with Gasteiger partial charge in [0.2, 0.25) is 5.91 Å². The van der Waals surface area contributed by atoms with Crippen molar-refractivity contribution in [1.29, 1.82) is 0 Å². The molecule has 1 saturated heterocycles. The molecule has 1 fully saturated rings. The Bertz CT molecular complexity index is 544. The Kier molecular flexibility index (Phi) is 4.81. The molecule has 21 heavy (non-hydrogen) atoms. The van der Waals surface area contributed by atoms with Gasteiger partial charge in [0.05, 0.1) is 11.0 Å². The first kappa shape index (κ1) is 15.3. The number of halogens is 1. The Morgan fingerprint density at radius 1 is 1.33 bits per heavy atom. The summed E-state index contributed by atoms with van der Waals surface area (Å²) in [5.74, 6) is -0.908. The van der Waals surface area contributed by atoms with Crippen LogP contribution in [0, 0.1) is 15.9 Å². The van der Waals surface area contributed by atoms with Crippen LogP contribution in [0.2, 0.25) is 0 Å². The minimum absolute atomic E-state index is 0.269. The topological polar surface area (TPSA) is 86.9 Å². The summed E-state index contributed by atoms with van der Waals surface area (Å²) in [6.45, 7) is 1.94. The van der Waals surface area contributed by atoms with Crippen LogP contribution in [0.15, 0.2) is 18.2 Å². The van der Waals surface area contributed by atoms with Crippen molar-refractivity contribution in [2.75, 3.05) is 32.8 Å². The van der Waals surface area contributed by atoms with Gasteiger partial charge in [-0.1, -0.05) is 0 Å². The van der Waals surface area contributed by atoms with Crippen LogP contribution in [-0.4, -0.2) is 58.5 Å². The minimum Gasteiger partial charge on any atom is -0.387 e. The van der Waals surface area contributed by atoms with Crippen molar-refractivity contribution in [3.63, 3.8) is 0 Å². The molecule has 0 unspecified atom stereocenters. The quantitative estimate of drug-likeness (QED) is 0.641. The Hall–Kier alpha value is -2.06. The van der Waals surface area contributed by atoms with Gasteiger partial charge in [-0.2, -0.15) is 0 Å². The molecule has 8 heteroatoms. The van der Waals surface area contributed by atoms with Gasteiger partial charge < -0.3 is 10.0 Å². The molecule has 1 aromatic carbocycles. The predicted octanol–water partition coefficient (Wildman–Crippen LogP) is 0.370. The molecule has 0 bridgehead atoms. The number of nitro benzene ring substituents is 1. The molecule has 0 radical (unpaired) electrons. The van der Waals surface area contributed by atoms with Gasteiger partial charge in [0, 0.05) is 44.4 Å². The summed E-state index contributed by atoms with van der Waals surface area (Å²) in [4.78, 5) is 24.8. The molecule has 1 aromatic rings. The largest absolute Gasteiger partial charge is 0.387 e. The molecule has 2 rings (SSSR count). The third-order valence-corrected chi connectivity index (χ3v) is 3.50. The van der Waals surface area contributed by atoms with Crippen LogP contribution in [0.1, 0.15) is 5.56 Å². The SMILES string of the molecule is O=C(CO)N1CCN(Cc2ccc([N+](=O)[O-])cc2F)CC1. The van der Waals surface area contributed by atoms with E-state index in [2.05, 4.69) is 0 Å². The first-order valence-corrected chi connectivity index (χ1v) is 6.55. The number of carbonyl (C=O) groups is 1. The molecule has 7 nitrogen and oxygen atoms in total. The van der Waals surface area contributed by atoms with Gasteiger partial charge in [0.15, 0.2) is 0 Å². The van der Waals surface area contributed by atoms with Crippen molar-refractivity contribution >= 4 is 11.6 Å². The number of piperazine rings is 1. The second kappa shape index (κ2) is 6.59. The summed E-state index contributed by atoms with van der Waals surface area (Å²) in [7, 11) is 0. The first-order chi connectivity index (χ1) is 10.0. The van der Waals surface area contributed by atoms with E-state index in [-0.39, 0.29) is 11.6 Å². The molecule has 0 saturated carbocycles. The van der Waals surface area contributed by atoms with E-state index >= 15 is 0 Å². The van der Waals surface area contributed by atoms with Gasteiger partial charge in [0.25, 0.3) is 5.69 Å². The molecule has 0 spiro atoms. The lowest BCUT2D eigenvalue weighted by Gasteiger charge is -2.34. The van der Waals surface area contributed by atoms with Crippen molar-refractivity contribution in [2.45, 2.75) is 6.54 Å². The van der Waals surface area contributed by atoms with Crippen LogP contribution in [0.25, 0.3) is 0 Å². The highest BCUT2D eigenvalue weighted by Crippen LogP contribution is 2.18. The number of aliphatic hydroxyl groups excluding tert-OH is 1. The van der Waals surface area contributed by atoms with E-state index < -0.39 is 17.3 Å². The number of aliphatic hydroxyl groups is 1. The lowest BCUT2D eigenvalue weighted by Crippen LogP contribution is -2.49. The molecule has 0 aliphatic carbocycles. The van der Waals surface area contributed by atoms with Crippen LogP contribution < -0.4 is 0 Å². The van der Waals surface area contributed by atoms with E-state index in [4.69, 9.17) is 5.11 Å². The van der Waals surface area contributed by atoms with E-state index in [0.717, 1.165) is 6.07 Å². The zero-order chi connectivity index (χ0) is 15.4. The number of rotatable bonds is 4. The molecule has 114 valence electrons. The number of nitrogens with zero attached hydrogens (tertiary/aromatic N) is 3. The van der Waals surface area contributed by atoms with Gasteiger partial charge in [-0.15, -0.1) is 0 Å². The normalized spacial score (nSPS) is 16.0. The van der Waals surface area contributed by atoms with Crippen molar-refractivity contribution in [2.24, 2.45) is 0 Å². The zero-order valence-corrected chi connectivity index (χ0v) is 11.4. The highest BCUT2D eigenvalue weighted by molar-refractivity contribution is 5.77. The summed E-state index contributed by atoms with van der Waals surface area (Å²) in [6.07, 6.45) is 0. The third-order valence-electron chi connectivity index (χ3n) is 3.50. The summed E-state index contributed by atoms with van der Waals surface area (Å²) < 4.78 is 13.8. The number of non-ortho nitro benzene ring substituents is 1. The number of hydrogen-bond acceptors (Lipinski definition) is 5. The van der Waals surface area contributed by atoms with E-state index in [1.165, 1.54) is 12.1 Å². The molecule has 0 atom stereocenters. The third kappa shape index (κ3) is 3.73. The standard InChI is InChI=1S/C13H16FN3O4/c14-12-7-11(17(20)21)2-1-10(12)8-15-3-5-16(6-4-15)13(19)9-18/h1-2,7,18H,3-6,8-9H2. The summed E-state index contributed by atoms with van der Waals surface area (Å²) in [5, 5.41) is 19.3. The number of amides is 1. The summed E-state index contributed by atoms with van der Waals surface area (Å²) >= 11 is 0. The zero-order valence-electron chi connectivity index (χ0n) is 11.4. The van der Waals surface area contributed by atoms with Crippen molar-refractivity contribution in [3.05, 3.63) is 39.7 Å². The molecular formula is C13H16FN3O4. The molecule has 1 aliphatic rings. The lowest BCUT2D eigenvalue weighted by atomic mass is 10.1. The van der Waals surface area contributed by atoms with Crippen molar-refractivity contribution in [1.82, 2.24) is 9.80 Å². The number of hydrogen-bond donors (Lipinski definition) is 1. The van der Waals surface area contributed by atoms with Crippen LogP contribution >= 0.6 is 0 Å². The average molecular weight is 297 g/mol. The van der Waals surface area contributed by atoms with E-state index in [9.17, 15) is 19.3 Å². The maximum Gasteiger partial charge on any atom is 0.272 e. The van der Waals surface area contributed by atoms with Crippen LogP contribution in [0.4, 0.5) is 10.1 Å². The summed E-state index contributed by atoms with van der Waals surface area (Å²) in [5.41, 5.74) is 0.122. The van der Waals surface area contributed by atoms with Crippen molar-refractivity contribution in [3.8, 4) is 0 Å². The summed E-state index contributed by atoms with van der Waals surface area (Å²) in [6, 6.07) is 3.61. The van der Waals surface area contributed by atoms with Gasteiger partial charge in [-0.25, -0.2) is 4.39 Å². The molecule has 1 aliphatic heterocycles. The molecule has 0 aromatic heterocycles. The van der Waals surface area contributed by atoms with E-state index in [0.29, 0.717) is 38.3 Å². The second-order valence-corrected chi connectivity index (χ2v) is 4.85. The fourth-order valence-electron chi connectivity index (χ4n) is 2.27. The molecular weight excluding hydrogens is 281 g/mol. The Labute approximate surface area is 120 Å².